The lowest BCUT2D eigenvalue weighted by Gasteiger charge is -2.36. The van der Waals surface area contributed by atoms with Crippen LogP contribution in [0.1, 0.15) is 13.8 Å². The van der Waals surface area contributed by atoms with Crippen LogP contribution in [0.5, 0.6) is 0 Å². The minimum Gasteiger partial charge on any atom is -0.368 e. The summed E-state index contributed by atoms with van der Waals surface area (Å²) in [6.07, 6.45) is 1.69. The summed E-state index contributed by atoms with van der Waals surface area (Å²) >= 11 is 0. The molecule has 0 atom stereocenters. The number of nitrogens with zero attached hydrogens (tertiary/aromatic N) is 5. The zero-order valence-corrected chi connectivity index (χ0v) is 13.4. The van der Waals surface area contributed by atoms with Crippen molar-refractivity contribution in [3.05, 3.63) is 36.3 Å². The highest BCUT2D eigenvalue weighted by Gasteiger charge is 2.19. The van der Waals surface area contributed by atoms with E-state index < -0.39 is 0 Å². The van der Waals surface area contributed by atoms with Crippen LogP contribution in [-0.4, -0.2) is 47.4 Å². The third-order valence-electron chi connectivity index (χ3n) is 3.76. The lowest BCUT2D eigenvalue weighted by atomic mass is 10.2. The molecule has 0 unspecified atom stereocenters. The van der Waals surface area contributed by atoms with Gasteiger partial charge >= 0.3 is 0 Å². The van der Waals surface area contributed by atoms with Crippen molar-refractivity contribution in [2.24, 2.45) is 0 Å². The summed E-state index contributed by atoms with van der Waals surface area (Å²) in [5.41, 5.74) is 1.05. The molecule has 23 heavy (non-hydrogen) atoms. The predicted octanol–water partition coefficient (Wildman–Crippen LogP) is 2.16. The Morgan fingerprint density at radius 3 is 2.35 bits per heavy atom. The van der Waals surface area contributed by atoms with Crippen molar-refractivity contribution in [1.82, 2.24) is 15.2 Å². The topological polar surface area (TPSA) is 57.2 Å². The maximum atomic E-state index is 13.0. The maximum absolute atomic E-state index is 13.0. The molecular weight excluding hydrogens is 295 g/mol. The molecule has 2 heterocycles. The zero-order valence-electron chi connectivity index (χ0n) is 13.4. The monoisotopic (exact) mass is 316 g/mol. The van der Waals surface area contributed by atoms with Crippen molar-refractivity contribution in [2.75, 3.05) is 41.3 Å². The van der Waals surface area contributed by atoms with Gasteiger partial charge in [0.2, 0.25) is 5.95 Å². The van der Waals surface area contributed by atoms with Crippen molar-refractivity contribution >= 4 is 17.5 Å². The van der Waals surface area contributed by atoms with E-state index in [9.17, 15) is 4.39 Å². The van der Waals surface area contributed by atoms with Crippen LogP contribution in [0.2, 0.25) is 0 Å². The first kappa shape index (κ1) is 15.5. The molecule has 2 aromatic rings. The first-order chi connectivity index (χ1) is 11.1. The van der Waals surface area contributed by atoms with Crippen molar-refractivity contribution in [2.45, 2.75) is 19.9 Å². The number of nitrogens with one attached hydrogen (secondary N) is 1. The van der Waals surface area contributed by atoms with E-state index in [1.165, 1.54) is 12.1 Å². The quantitative estimate of drug-likeness (QED) is 0.933. The Kier molecular flexibility index (Phi) is 4.55. The fraction of sp³-hybridized carbons (Fsp3) is 0.438. The fourth-order valence-corrected chi connectivity index (χ4v) is 2.61. The van der Waals surface area contributed by atoms with Crippen LogP contribution in [0.15, 0.2) is 30.5 Å². The lowest BCUT2D eigenvalue weighted by Crippen LogP contribution is -2.47. The molecule has 0 aliphatic carbocycles. The molecule has 3 rings (SSSR count). The maximum Gasteiger partial charge on any atom is 0.244 e. The number of anilines is 3. The largest absolute Gasteiger partial charge is 0.368 e. The standard InChI is InChI=1S/C16H21FN6/c1-12(2)19-16-20-15(11-18-21-16)23-9-7-22(8-10-23)14-5-3-13(17)4-6-14/h3-6,11-12H,7-10H2,1-2H3,(H,19,20,21). The Bertz CT molecular complexity index is 637. The molecule has 0 amide bonds. The molecule has 0 bridgehead atoms. The van der Waals surface area contributed by atoms with Gasteiger partial charge in [0, 0.05) is 37.9 Å². The summed E-state index contributed by atoms with van der Waals surface area (Å²) in [6.45, 7) is 7.49. The van der Waals surface area contributed by atoms with Gasteiger partial charge in [-0.15, -0.1) is 5.10 Å². The summed E-state index contributed by atoms with van der Waals surface area (Å²) in [5, 5.41) is 11.2. The minimum absolute atomic E-state index is 0.204. The van der Waals surface area contributed by atoms with Crippen LogP contribution in [0.4, 0.5) is 21.8 Å². The summed E-state index contributed by atoms with van der Waals surface area (Å²) in [6, 6.07) is 6.91. The third-order valence-corrected chi connectivity index (χ3v) is 3.76. The molecule has 1 aromatic heterocycles. The Hall–Kier alpha value is -2.44. The second-order valence-corrected chi connectivity index (χ2v) is 5.89. The van der Waals surface area contributed by atoms with Gasteiger partial charge in [-0.2, -0.15) is 10.1 Å². The van der Waals surface area contributed by atoms with Gasteiger partial charge < -0.3 is 15.1 Å². The molecule has 122 valence electrons. The zero-order chi connectivity index (χ0) is 16.2. The summed E-state index contributed by atoms with van der Waals surface area (Å²) < 4.78 is 13.0. The summed E-state index contributed by atoms with van der Waals surface area (Å²) in [4.78, 5) is 8.96. The van der Waals surface area contributed by atoms with Crippen LogP contribution in [0.3, 0.4) is 0 Å². The highest BCUT2D eigenvalue weighted by atomic mass is 19.1. The molecule has 1 N–H and O–H groups in total. The van der Waals surface area contributed by atoms with Gasteiger partial charge in [0.05, 0.1) is 6.20 Å². The number of benzene rings is 1. The molecule has 7 heteroatoms. The number of hydrogen-bond donors (Lipinski definition) is 1. The number of piperazine rings is 1. The van der Waals surface area contributed by atoms with Crippen LogP contribution in [0, 0.1) is 5.82 Å². The smallest absolute Gasteiger partial charge is 0.244 e. The first-order valence-electron chi connectivity index (χ1n) is 7.83. The van der Waals surface area contributed by atoms with Gasteiger partial charge in [-0.3, -0.25) is 0 Å². The van der Waals surface area contributed by atoms with Gasteiger partial charge in [0.25, 0.3) is 0 Å². The first-order valence-corrected chi connectivity index (χ1v) is 7.83. The summed E-state index contributed by atoms with van der Waals surface area (Å²) in [5.74, 6) is 1.19. The Morgan fingerprint density at radius 2 is 1.70 bits per heavy atom. The highest BCUT2D eigenvalue weighted by Crippen LogP contribution is 2.19. The average Bonchev–Trinajstić information content (AvgIpc) is 2.55. The van der Waals surface area contributed by atoms with Gasteiger partial charge in [0.15, 0.2) is 5.82 Å². The molecule has 1 saturated heterocycles. The SMILES string of the molecule is CC(C)Nc1nncc(N2CCN(c3ccc(F)cc3)CC2)n1. The van der Waals surface area contributed by atoms with Crippen LogP contribution in [0.25, 0.3) is 0 Å². The van der Waals surface area contributed by atoms with Crippen LogP contribution in [-0.2, 0) is 0 Å². The molecule has 1 aromatic carbocycles. The predicted molar refractivity (Wildman–Crippen MR) is 89.4 cm³/mol. The molecule has 1 aliphatic heterocycles. The molecule has 1 aliphatic rings. The van der Waals surface area contributed by atoms with Gasteiger partial charge in [-0.1, -0.05) is 0 Å². The van der Waals surface area contributed by atoms with E-state index in [1.807, 2.05) is 26.0 Å². The van der Waals surface area contributed by atoms with E-state index in [2.05, 4.69) is 30.3 Å². The van der Waals surface area contributed by atoms with E-state index in [1.54, 1.807) is 6.20 Å². The van der Waals surface area contributed by atoms with Gasteiger partial charge in [0.1, 0.15) is 5.82 Å². The van der Waals surface area contributed by atoms with Crippen molar-refractivity contribution in [3.8, 4) is 0 Å². The van der Waals surface area contributed by atoms with Crippen molar-refractivity contribution in [3.63, 3.8) is 0 Å². The van der Waals surface area contributed by atoms with E-state index in [-0.39, 0.29) is 11.9 Å². The molecule has 0 spiro atoms. The Morgan fingerprint density at radius 1 is 1.04 bits per heavy atom. The summed E-state index contributed by atoms with van der Waals surface area (Å²) in [7, 11) is 0. The van der Waals surface area contributed by atoms with Crippen molar-refractivity contribution in [1.29, 1.82) is 0 Å². The molecule has 6 nitrogen and oxygen atoms in total. The fourth-order valence-electron chi connectivity index (χ4n) is 2.61. The number of rotatable bonds is 4. The van der Waals surface area contributed by atoms with E-state index >= 15 is 0 Å². The van der Waals surface area contributed by atoms with Crippen molar-refractivity contribution < 1.29 is 4.39 Å². The normalized spacial score (nSPS) is 15.1. The highest BCUT2D eigenvalue weighted by molar-refractivity contribution is 5.49. The molecule has 0 radical (unpaired) electrons. The van der Waals surface area contributed by atoms with E-state index in [0.29, 0.717) is 5.95 Å². The number of aromatic nitrogens is 3. The molecular formula is C16H21FN6. The van der Waals surface area contributed by atoms with Crippen LogP contribution >= 0.6 is 0 Å². The molecule has 1 fully saturated rings. The number of halogens is 1. The number of hydrogen-bond acceptors (Lipinski definition) is 6. The Labute approximate surface area is 135 Å². The van der Waals surface area contributed by atoms with Gasteiger partial charge in [-0.05, 0) is 38.1 Å². The lowest BCUT2D eigenvalue weighted by molar-refractivity contribution is 0.624. The Balaban J connectivity index is 1.63. The second kappa shape index (κ2) is 6.76. The van der Waals surface area contributed by atoms with Crippen LogP contribution < -0.4 is 15.1 Å². The van der Waals surface area contributed by atoms with Gasteiger partial charge in [-0.25, -0.2) is 4.39 Å². The molecule has 0 saturated carbocycles. The second-order valence-electron chi connectivity index (χ2n) is 5.89. The van der Waals surface area contributed by atoms with E-state index in [0.717, 1.165) is 37.7 Å². The van der Waals surface area contributed by atoms with E-state index in [4.69, 9.17) is 0 Å². The average molecular weight is 316 g/mol. The minimum atomic E-state index is -0.204. The third kappa shape index (κ3) is 3.85.